The molecular weight excluding hydrogens is 365 g/mol. The maximum atomic E-state index is 13.1. The van der Waals surface area contributed by atoms with E-state index in [2.05, 4.69) is 15.5 Å². The fourth-order valence-electron chi connectivity index (χ4n) is 2.68. The molecule has 0 aliphatic rings. The smallest absolute Gasteiger partial charge is 0.263 e. The molecule has 0 bridgehead atoms. The number of aryl methyl sites for hydroxylation is 1. The van der Waals surface area contributed by atoms with Crippen LogP contribution in [0.2, 0.25) is 0 Å². The number of aromatic nitrogens is 2. The second-order valence-corrected chi connectivity index (χ2v) is 6.69. The van der Waals surface area contributed by atoms with Crippen LogP contribution in [0.5, 0.6) is 0 Å². The van der Waals surface area contributed by atoms with Crippen molar-refractivity contribution < 1.29 is 13.7 Å². The Bertz CT molecular complexity index is 1090. The molecule has 2 aromatic heterocycles. The van der Waals surface area contributed by atoms with E-state index in [1.165, 1.54) is 23.5 Å². The average molecular weight is 379 g/mol. The SMILES string of the molecule is Cc1onc(-c2ccccc2)c1C(=O)Nc1nc(-c2ccc(F)cc2)cs1. The molecule has 0 spiro atoms. The van der Waals surface area contributed by atoms with Crippen LogP contribution < -0.4 is 5.32 Å². The van der Waals surface area contributed by atoms with Gasteiger partial charge in [-0.1, -0.05) is 35.5 Å². The zero-order chi connectivity index (χ0) is 18.8. The summed E-state index contributed by atoms with van der Waals surface area (Å²) in [4.78, 5) is 17.2. The van der Waals surface area contributed by atoms with Crippen molar-refractivity contribution in [1.82, 2.24) is 10.1 Å². The molecule has 0 atom stereocenters. The summed E-state index contributed by atoms with van der Waals surface area (Å²) in [5, 5.41) is 9.06. The van der Waals surface area contributed by atoms with Gasteiger partial charge in [0.15, 0.2) is 5.13 Å². The van der Waals surface area contributed by atoms with Gasteiger partial charge < -0.3 is 4.52 Å². The van der Waals surface area contributed by atoms with E-state index in [1.807, 2.05) is 30.3 Å². The van der Waals surface area contributed by atoms with Crippen LogP contribution in [0.15, 0.2) is 64.5 Å². The molecule has 4 aromatic rings. The first-order valence-electron chi connectivity index (χ1n) is 8.16. The van der Waals surface area contributed by atoms with E-state index in [0.29, 0.717) is 27.8 Å². The number of carbonyl (C=O) groups is 1. The molecule has 0 aliphatic carbocycles. The first-order chi connectivity index (χ1) is 13.1. The van der Waals surface area contributed by atoms with Gasteiger partial charge in [0.1, 0.15) is 22.8 Å². The highest BCUT2D eigenvalue weighted by Crippen LogP contribution is 2.28. The highest BCUT2D eigenvalue weighted by molar-refractivity contribution is 7.14. The minimum absolute atomic E-state index is 0.307. The lowest BCUT2D eigenvalue weighted by Gasteiger charge is -2.03. The fourth-order valence-corrected chi connectivity index (χ4v) is 3.39. The largest absolute Gasteiger partial charge is 0.360 e. The molecule has 27 heavy (non-hydrogen) atoms. The predicted octanol–water partition coefficient (Wildman–Crippen LogP) is 5.16. The van der Waals surface area contributed by atoms with E-state index in [0.717, 1.165) is 11.1 Å². The Hall–Kier alpha value is -3.32. The van der Waals surface area contributed by atoms with Crippen molar-refractivity contribution in [2.75, 3.05) is 5.32 Å². The van der Waals surface area contributed by atoms with Crippen LogP contribution in [0.25, 0.3) is 22.5 Å². The van der Waals surface area contributed by atoms with Crippen molar-refractivity contribution in [3.63, 3.8) is 0 Å². The Kier molecular flexibility index (Phi) is 4.52. The number of rotatable bonds is 4. The summed E-state index contributed by atoms with van der Waals surface area (Å²) in [6.45, 7) is 1.69. The topological polar surface area (TPSA) is 68.0 Å². The molecule has 2 aromatic carbocycles. The number of hydrogen-bond donors (Lipinski definition) is 1. The highest BCUT2D eigenvalue weighted by atomic mass is 32.1. The van der Waals surface area contributed by atoms with Crippen LogP contribution in [-0.4, -0.2) is 16.0 Å². The van der Waals surface area contributed by atoms with Crippen molar-refractivity contribution in [3.8, 4) is 22.5 Å². The maximum Gasteiger partial charge on any atom is 0.263 e. The van der Waals surface area contributed by atoms with E-state index in [9.17, 15) is 9.18 Å². The lowest BCUT2D eigenvalue weighted by molar-refractivity contribution is 0.102. The quantitative estimate of drug-likeness (QED) is 0.531. The van der Waals surface area contributed by atoms with Gasteiger partial charge in [-0.25, -0.2) is 9.37 Å². The molecule has 0 unspecified atom stereocenters. The summed E-state index contributed by atoms with van der Waals surface area (Å²) in [5.41, 5.74) is 3.10. The van der Waals surface area contributed by atoms with Crippen molar-refractivity contribution in [2.24, 2.45) is 0 Å². The van der Waals surface area contributed by atoms with Crippen LogP contribution >= 0.6 is 11.3 Å². The normalized spacial score (nSPS) is 10.7. The number of amides is 1. The summed E-state index contributed by atoms with van der Waals surface area (Å²) < 4.78 is 18.3. The number of benzene rings is 2. The van der Waals surface area contributed by atoms with Crippen molar-refractivity contribution >= 4 is 22.4 Å². The molecule has 2 heterocycles. The molecule has 4 rings (SSSR count). The standard InChI is InChI=1S/C20H14FN3O2S/c1-12-17(18(24-26-12)14-5-3-2-4-6-14)19(25)23-20-22-16(11-27-20)13-7-9-15(21)10-8-13/h2-11H,1H3,(H,22,23,25). The van der Waals surface area contributed by atoms with Crippen molar-refractivity contribution in [2.45, 2.75) is 6.92 Å². The Labute approximate surface area is 158 Å². The molecular formula is C20H14FN3O2S. The summed E-state index contributed by atoms with van der Waals surface area (Å²) in [7, 11) is 0. The average Bonchev–Trinajstić information content (AvgIpc) is 3.30. The number of carbonyl (C=O) groups excluding carboxylic acids is 1. The summed E-state index contributed by atoms with van der Waals surface area (Å²) in [5.74, 6) is -0.215. The summed E-state index contributed by atoms with van der Waals surface area (Å²) >= 11 is 1.29. The van der Waals surface area contributed by atoms with E-state index >= 15 is 0 Å². The lowest BCUT2D eigenvalue weighted by Crippen LogP contribution is -2.13. The molecule has 1 amide bonds. The van der Waals surface area contributed by atoms with E-state index in [4.69, 9.17) is 4.52 Å². The van der Waals surface area contributed by atoms with Gasteiger partial charge in [0.05, 0.1) is 5.69 Å². The number of halogens is 1. The summed E-state index contributed by atoms with van der Waals surface area (Å²) in [6, 6.07) is 15.4. The summed E-state index contributed by atoms with van der Waals surface area (Å²) in [6.07, 6.45) is 0. The zero-order valence-electron chi connectivity index (χ0n) is 14.3. The molecule has 0 saturated carbocycles. The van der Waals surface area contributed by atoms with Gasteiger partial charge in [-0.05, 0) is 31.2 Å². The molecule has 0 fully saturated rings. The molecule has 5 nitrogen and oxygen atoms in total. The Balaban J connectivity index is 1.59. The first-order valence-corrected chi connectivity index (χ1v) is 9.04. The number of thiazole rings is 1. The Morgan fingerprint density at radius 3 is 2.56 bits per heavy atom. The Morgan fingerprint density at radius 1 is 1.07 bits per heavy atom. The minimum Gasteiger partial charge on any atom is -0.360 e. The number of nitrogens with zero attached hydrogens (tertiary/aromatic N) is 2. The van der Waals surface area contributed by atoms with Gasteiger partial charge in [-0.15, -0.1) is 11.3 Å². The van der Waals surface area contributed by atoms with E-state index in [-0.39, 0.29) is 11.7 Å². The van der Waals surface area contributed by atoms with Gasteiger partial charge in [0, 0.05) is 16.5 Å². The van der Waals surface area contributed by atoms with Gasteiger partial charge in [-0.3, -0.25) is 10.1 Å². The van der Waals surface area contributed by atoms with Crippen molar-refractivity contribution in [3.05, 3.63) is 77.1 Å². The lowest BCUT2D eigenvalue weighted by atomic mass is 10.1. The van der Waals surface area contributed by atoms with Gasteiger partial charge in [0.25, 0.3) is 5.91 Å². The third kappa shape index (κ3) is 3.50. The molecule has 0 aliphatic heterocycles. The zero-order valence-corrected chi connectivity index (χ0v) is 15.1. The van der Waals surface area contributed by atoms with Crippen LogP contribution in [0.3, 0.4) is 0 Å². The molecule has 7 heteroatoms. The maximum absolute atomic E-state index is 13.1. The van der Waals surface area contributed by atoms with E-state index in [1.54, 1.807) is 24.4 Å². The monoisotopic (exact) mass is 379 g/mol. The third-order valence-electron chi connectivity index (χ3n) is 4.00. The second-order valence-electron chi connectivity index (χ2n) is 5.83. The molecule has 0 saturated heterocycles. The van der Waals surface area contributed by atoms with Crippen LogP contribution in [-0.2, 0) is 0 Å². The molecule has 1 N–H and O–H groups in total. The molecule has 134 valence electrons. The van der Waals surface area contributed by atoms with Crippen LogP contribution in [0.1, 0.15) is 16.1 Å². The third-order valence-corrected chi connectivity index (χ3v) is 4.76. The van der Waals surface area contributed by atoms with Gasteiger partial charge in [0.2, 0.25) is 0 Å². The predicted molar refractivity (Wildman–Crippen MR) is 102 cm³/mol. The van der Waals surface area contributed by atoms with Gasteiger partial charge >= 0.3 is 0 Å². The van der Waals surface area contributed by atoms with Crippen molar-refractivity contribution in [1.29, 1.82) is 0 Å². The second kappa shape index (κ2) is 7.13. The number of hydrogen-bond acceptors (Lipinski definition) is 5. The van der Waals surface area contributed by atoms with Gasteiger partial charge in [-0.2, -0.15) is 0 Å². The van der Waals surface area contributed by atoms with E-state index < -0.39 is 0 Å². The fraction of sp³-hybridized carbons (Fsp3) is 0.0500. The van der Waals surface area contributed by atoms with Crippen LogP contribution in [0, 0.1) is 12.7 Å². The minimum atomic E-state index is -0.340. The highest BCUT2D eigenvalue weighted by Gasteiger charge is 2.22. The Morgan fingerprint density at radius 2 is 1.81 bits per heavy atom. The number of nitrogens with one attached hydrogen (secondary N) is 1. The first kappa shape index (κ1) is 17.1. The van der Waals surface area contributed by atoms with Crippen LogP contribution in [0.4, 0.5) is 9.52 Å². The number of anilines is 1. The molecule has 0 radical (unpaired) electrons.